The molecule has 150 valence electrons. The first-order valence-corrected chi connectivity index (χ1v) is 9.80. The number of amides is 1. The fraction of sp³-hybridized carbons (Fsp3) is 0.0500. The summed E-state index contributed by atoms with van der Waals surface area (Å²) in [6.45, 7) is 0. The van der Waals surface area contributed by atoms with Crippen LogP contribution in [0.2, 0.25) is 0 Å². The van der Waals surface area contributed by atoms with Crippen molar-refractivity contribution in [3.05, 3.63) is 83.9 Å². The molecule has 0 radical (unpaired) electrons. The number of hydrogen-bond donors (Lipinski definition) is 2. The maximum absolute atomic E-state index is 14.2. The van der Waals surface area contributed by atoms with E-state index in [0.29, 0.717) is 5.75 Å². The van der Waals surface area contributed by atoms with E-state index in [1.165, 1.54) is 49.6 Å². The molecule has 0 spiro atoms. The molecule has 1 amide bonds. The second-order valence-corrected chi connectivity index (χ2v) is 7.59. The van der Waals surface area contributed by atoms with Crippen molar-refractivity contribution in [1.29, 1.82) is 0 Å². The predicted molar refractivity (Wildman–Crippen MR) is 105 cm³/mol. The second-order valence-electron chi connectivity index (χ2n) is 5.94. The summed E-state index contributed by atoms with van der Waals surface area (Å²) in [6, 6.07) is 14.1. The summed E-state index contributed by atoms with van der Waals surface area (Å²) in [4.78, 5) is 11.7. The van der Waals surface area contributed by atoms with Crippen molar-refractivity contribution in [3.8, 4) is 5.75 Å². The topological polar surface area (TPSA) is 84.5 Å². The minimum atomic E-state index is -4.30. The van der Waals surface area contributed by atoms with Crippen molar-refractivity contribution in [2.24, 2.45) is 0 Å². The Labute approximate surface area is 166 Å². The average Bonchev–Trinajstić information content (AvgIpc) is 2.68. The lowest BCUT2D eigenvalue weighted by Gasteiger charge is -2.11. The lowest BCUT2D eigenvalue weighted by Crippen LogP contribution is -2.17. The van der Waals surface area contributed by atoms with Gasteiger partial charge in [-0.15, -0.1) is 0 Å². The van der Waals surface area contributed by atoms with Gasteiger partial charge in [-0.05, 0) is 60.7 Å². The summed E-state index contributed by atoms with van der Waals surface area (Å²) < 4.78 is 59.9. The van der Waals surface area contributed by atoms with Gasteiger partial charge in [0.05, 0.1) is 7.11 Å². The quantitative estimate of drug-likeness (QED) is 0.633. The van der Waals surface area contributed by atoms with Crippen LogP contribution in [0.1, 0.15) is 10.4 Å². The number of nitrogens with one attached hydrogen (secondary N) is 2. The van der Waals surface area contributed by atoms with Crippen molar-refractivity contribution < 1.29 is 26.7 Å². The summed E-state index contributed by atoms with van der Waals surface area (Å²) in [5.74, 6) is -1.76. The maximum Gasteiger partial charge on any atom is 0.264 e. The molecule has 0 bridgehead atoms. The van der Waals surface area contributed by atoms with Crippen LogP contribution in [0, 0.1) is 11.6 Å². The Bertz CT molecular complexity index is 1150. The molecule has 6 nitrogen and oxygen atoms in total. The molecular formula is C20H16F2N2O4S. The summed E-state index contributed by atoms with van der Waals surface area (Å²) in [6.07, 6.45) is 0. The van der Waals surface area contributed by atoms with Crippen LogP contribution in [0.5, 0.6) is 5.75 Å². The van der Waals surface area contributed by atoms with Gasteiger partial charge in [0.25, 0.3) is 15.9 Å². The van der Waals surface area contributed by atoms with E-state index in [0.717, 1.165) is 24.3 Å². The normalized spacial score (nSPS) is 11.0. The Morgan fingerprint density at radius 3 is 2.31 bits per heavy atom. The molecule has 3 aromatic carbocycles. The fourth-order valence-corrected chi connectivity index (χ4v) is 3.65. The molecular weight excluding hydrogens is 402 g/mol. The highest BCUT2D eigenvalue weighted by molar-refractivity contribution is 7.92. The standard InChI is InChI=1S/C20H16F2N2O4S/c1-28-17-8-6-15(7-9-17)24-29(26,27)19-11-13(5-10-18(19)22)20(25)23-16-4-2-3-14(21)12-16/h2-12,24H,1H3,(H,23,25). The van der Waals surface area contributed by atoms with Gasteiger partial charge in [-0.3, -0.25) is 9.52 Å². The second kappa shape index (κ2) is 8.27. The molecule has 0 fully saturated rings. The van der Waals surface area contributed by atoms with E-state index in [9.17, 15) is 22.0 Å². The van der Waals surface area contributed by atoms with Gasteiger partial charge in [0.15, 0.2) is 0 Å². The van der Waals surface area contributed by atoms with Gasteiger partial charge in [-0.25, -0.2) is 17.2 Å². The molecule has 3 rings (SSSR count). The number of halogens is 2. The molecule has 0 aliphatic rings. The monoisotopic (exact) mass is 418 g/mol. The Kier molecular flexibility index (Phi) is 5.79. The first-order chi connectivity index (χ1) is 13.8. The number of carbonyl (C=O) groups is 1. The smallest absolute Gasteiger partial charge is 0.264 e. The van der Waals surface area contributed by atoms with Crippen LogP contribution < -0.4 is 14.8 Å². The third kappa shape index (κ3) is 4.88. The molecule has 0 aromatic heterocycles. The Balaban J connectivity index is 1.86. The Morgan fingerprint density at radius 1 is 0.931 bits per heavy atom. The molecule has 0 aliphatic carbocycles. The molecule has 9 heteroatoms. The molecule has 0 atom stereocenters. The van der Waals surface area contributed by atoms with Crippen LogP contribution in [0.25, 0.3) is 0 Å². The van der Waals surface area contributed by atoms with Crippen molar-refractivity contribution in [3.63, 3.8) is 0 Å². The van der Waals surface area contributed by atoms with Crippen molar-refractivity contribution in [2.45, 2.75) is 4.90 Å². The number of methoxy groups -OCH3 is 1. The number of carbonyl (C=O) groups excluding carboxylic acids is 1. The van der Waals surface area contributed by atoms with Gasteiger partial charge in [0.2, 0.25) is 0 Å². The molecule has 0 unspecified atom stereocenters. The SMILES string of the molecule is COc1ccc(NS(=O)(=O)c2cc(C(=O)Nc3cccc(F)c3)ccc2F)cc1. The van der Waals surface area contributed by atoms with E-state index in [1.807, 2.05) is 0 Å². The van der Waals surface area contributed by atoms with E-state index in [1.54, 1.807) is 0 Å². The van der Waals surface area contributed by atoms with Crippen molar-refractivity contribution in [1.82, 2.24) is 0 Å². The van der Waals surface area contributed by atoms with Gasteiger partial charge >= 0.3 is 0 Å². The van der Waals surface area contributed by atoms with Crippen molar-refractivity contribution in [2.75, 3.05) is 17.1 Å². The highest BCUT2D eigenvalue weighted by Gasteiger charge is 2.21. The van der Waals surface area contributed by atoms with Gasteiger partial charge in [-0.2, -0.15) is 0 Å². The molecule has 3 aromatic rings. The first kappa shape index (κ1) is 20.3. The lowest BCUT2D eigenvalue weighted by atomic mass is 10.2. The van der Waals surface area contributed by atoms with Crippen LogP contribution in [-0.4, -0.2) is 21.4 Å². The van der Waals surface area contributed by atoms with E-state index in [2.05, 4.69) is 10.0 Å². The summed E-state index contributed by atoms with van der Waals surface area (Å²) in [7, 11) is -2.84. The van der Waals surface area contributed by atoms with E-state index < -0.39 is 32.5 Å². The Morgan fingerprint density at radius 2 is 1.66 bits per heavy atom. The minimum absolute atomic E-state index is 0.106. The van der Waals surface area contributed by atoms with Gasteiger partial charge in [-0.1, -0.05) is 6.07 Å². The number of ether oxygens (including phenoxy) is 1. The molecule has 2 N–H and O–H groups in total. The zero-order valence-electron chi connectivity index (χ0n) is 15.1. The molecule has 0 saturated heterocycles. The maximum atomic E-state index is 14.2. The molecule has 29 heavy (non-hydrogen) atoms. The number of benzene rings is 3. The van der Waals surface area contributed by atoms with E-state index >= 15 is 0 Å². The predicted octanol–water partition coefficient (Wildman–Crippen LogP) is 4.03. The summed E-state index contributed by atoms with van der Waals surface area (Å²) in [5, 5.41) is 2.43. The zero-order chi connectivity index (χ0) is 21.0. The van der Waals surface area contributed by atoms with Crippen LogP contribution in [0.4, 0.5) is 20.2 Å². The Hall–Kier alpha value is -3.46. The van der Waals surface area contributed by atoms with Gasteiger partial charge in [0.1, 0.15) is 22.3 Å². The minimum Gasteiger partial charge on any atom is -0.497 e. The van der Waals surface area contributed by atoms with Gasteiger partial charge in [0, 0.05) is 16.9 Å². The largest absolute Gasteiger partial charge is 0.497 e. The molecule has 0 saturated carbocycles. The first-order valence-electron chi connectivity index (χ1n) is 8.32. The van der Waals surface area contributed by atoms with Crippen LogP contribution in [-0.2, 0) is 10.0 Å². The highest BCUT2D eigenvalue weighted by atomic mass is 32.2. The zero-order valence-corrected chi connectivity index (χ0v) is 16.0. The fourth-order valence-electron chi connectivity index (χ4n) is 2.49. The van der Waals surface area contributed by atoms with Gasteiger partial charge < -0.3 is 10.1 Å². The third-order valence-electron chi connectivity index (χ3n) is 3.91. The highest BCUT2D eigenvalue weighted by Crippen LogP contribution is 2.22. The number of hydrogen-bond acceptors (Lipinski definition) is 4. The summed E-state index contributed by atoms with van der Waals surface area (Å²) in [5.41, 5.74) is 0.269. The van der Waals surface area contributed by atoms with E-state index in [-0.39, 0.29) is 16.9 Å². The number of sulfonamides is 1. The number of rotatable bonds is 6. The third-order valence-corrected chi connectivity index (χ3v) is 5.30. The number of anilines is 2. The lowest BCUT2D eigenvalue weighted by molar-refractivity contribution is 0.102. The molecule has 0 aliphatic heterocycles. The van der Waals surface area contributed by atoms with Crippen LogP contribution in [0.3, 0.4) is 0 Å². The summed E-state index contributed by atoms with van der Waals surface area (Å²) >= 11 is 0. The van der Waals surface area contributed by atoms with E-state index in [4.69, 9.17) is 4.74 Å². The van der Waals surface area contributed by atoms with Crippen LogP contribution in [0.15, 0.2) is 71.6 Å². The average molecular weight is 418 g/mol. The van der Waals surface area contributed by atoms with Crippen LogP contribution >= 0.6 is 0 Å². The van der Waals surface area contributed by atoms with Crippen molar-refractivity contribution >= 4 is 27.3 Å². The molecule has 0 heterocycles.